The number of halogens is 1. The minimum Gasteiger partial charge on any atom is -0.350 e. The van der Waals surface area contributed by atoms with Gasteiger partial charge in [-0.25, -0.2) is 9.97 Å². The molecule has 2 heterocycles. The number of anilines is 1. The molecule has 1 aliphatic rings. The van der Waals surface area contributed by atoms with Crippen LogP contribution in [-0.2, 0) is 0 Å². The fraction of sp³-hybridized carbons (Fsp3) is 0.667. The minimum atomic E-state index is 0.518. The van der Waals surface area contributed by atoms with Crippen LogP contribution in [0.5, 0.6) is 0 Å². The van der Waals surface area contributed by atoms with Gasteiger partial charge in [0.15, 0.2) is 0 Å². The average molecular weight is 299 g/mol. The van der Waals surface area contributed by atoms with Crippen molar-refractivity contribution in [2.45, 2.75) is 38.8 Å². The Labute approximate surface area is 111 Å². The van der Waals surface area contributed by atoms with E-state index in [4.69, 9.17) is 0 Å². The Kier molecular flexibility index (Phi) is 4.34. The molecule has 5 heteroatoms. The first-order valence-corrected chi connectivity index (χ1v) is 7.01. The van der Waals surface area contributed by atoms with Crippen molar-refractivity contribution in [2.24, 2.45) is 0 Å². The lowest BCUT2D eigenvalue weighted by Gasteiger charge is -2.41. The third-order valence-electron chi connectivity index (χ3n) is 3.38. The predicted molar refractivity (Wildman–Crippen MR) is 73.2 cm³/mol. The third kappa shape index (κ3) is 2.77. The molecule has 0 bridgehead atoms. The van der Waals surface area contributed by atoms with E-state index in [9.17, 15) is 0 Å². The summed E-state index contributed by atoms with van der Waals surface area (Å²) < 4.78 is 0.982. The third-order valence-corrected chi connectivity index (χ3v) is 3.94. The maximum absolute atomic E-state index is 4.41. The topological polar surface area (TPSA) is 41.1 Å². The zero-order valence-corrected chi connectivity index (χ0v) is 11.9. The standard InChI is InChI=1S/C12H19BrN4/c1-3-9-7-17(10(4-2)5-15-9)12-11(13)6-14-8-16-12/h6,8-10,15H,3-5,7H2,1-2H3. The molecule has 2 unspecified atom stereocenters. The highest BCUT2D eigenvalue weighted by Crippen LogP contribution is 2.26. The van der Waals surface area contributed by atoms with Crippen LogP contribution in [0, 0.1) is 0 Å². The van der Waals surface area contributed by atoms with E-state index in [0.717, 1.165) is 36.2 Å². The molecule has 0 saturated carbocycles. The molecule has 1 fully saturated rings. The van der Waals surface area contributed by atoms with Crippen LogP contribution < -0.4 is 10.2 Å². The Morgan fingerprint density at radius 2 is 2.29 bits per heavy atom. The zero-order valence-electron chi connectivity index (χ0n) is 10.4. The van der Waals surface area contributed by atoms with E-state index in [1.54, 1.807) is 6.33 Å². The molecule has 94 valence electrons. The summed E-state index contributed by atoms with van der Waals surface area (Å²) in [6.07, 6.45) is 5.71. The van der Waals surface area contributed by atoms with E-state index in [-0.39, 0.29) is 0 Å². The largest absolute Gasteiger partial charge is 0.350 e. The molecule has 1 N–H and O–H groups in total. The van der Waals surface area contributed by atoms with Gasteiger partial charge in [0.1, 0.15) is 12.1 Å². The Bertz CT molecular complexity index is 371. The summed E-state index contributed by atoms with van der Waals surface area (Å²) in [5.41, 5.74) is 0. The fourth-order valence-electron chi connectivity index (χ4n) is 2.28. The molecule has 1 aromatic heterocycles. The Morgan fingerprint density at radius 1 is 1.47 bits per heavy atom. The molecule has 2 atom stereocenters. The Morgan fingerprint density at radius 3 is 2.94 bits per heavy atom. The second-order valence-corrected chi connectivity index (χ2v) is 5.28. The van der Waals surface area contributed by atoms with Gasteiger partial charge >= 0.3 is 0 Å². The van der Waals surface area contributed by atoms with E-state index < -0.39 is 0 Å². The molecular formula is C12H19BrN4. The number of aromatic nitrogens is 2. The van der Waals surface area contributed by atoms with Gasteiger partial charge in [-0.3, -0.25) is 0 Å². The number of piperazine rings is 1. The van der Waals surface area contributed by atoms with Crippen LogP contribution in [0.2, 0.25) is 0 Å². The van der Waals surface area contributed by atoms with Crippen LogP contribution >= 0.6 is 15.9 Å². The lowest BCUT2D eigenvalue weighted by atomic mass is 10.1. The summed E-state index contributed by atoms with van der Waals surface area (Å²) in [6.45, 7) is 6.49. The first-order valence-electron chi connectivity index (χ1n) is 6.21. The molecule has 2 rings (SSSR count). The van der Waals surface area contributed by atoms with Crippen LogP contribution in [0.25, 0.3) is 0 Å². The molecule has 0 radical (unpaired) electrons. The van der Waals surface area contributed by atoms with Crippen molar-refractivity contribution in [3.05, 3.63) is 17.0 Å². The van der Waals surface area contributed by atoms with Crippen molar-refractivity contribution in [1.29, 1.82) is 0 Å². The van der Waals surface area contributed by atoms with Crippen molar-refractivity contribution >= 4 is 21.7 Å². The van der Waals surface area contributed by atoms with Gasteiger partial charge in [0, 0.05) is 31.4 Å². The summed E-state index contributed by atoms with van der Waals surface area (Å²) in [7, 11) is 0. The molecule has 4 nitrogen and oxygen atoms in total. The maximum atomic E-state index is 4.41. The first kappa shape index (κ1) is 12.8. The molecule has 0 amide bonds. The van der Waals surface area contributed by atoms with E-state index in [0.29, 0.717) is 12.1 Å². The SMILES string of the molecule is CCC1CN(c2ncncc2Br)C(CC)CN1. The average Bonchev–Trinajstić information content (AvgIpc) is 2.38. The van der Waals surface area contributed by atoms with Gasteiger partial charge in [-0.1, -0.05) is 13.8 Å². The van der Waals surface area contributed by atoms with Crippen molar-refractivity contribution in [3.63, 3.8) is 0 Å². The number of hydrogen-bond donors (Lipinski definition) is 1. The van der Waals surface area contributed by atoms with E-state index >= 15 is 0 Å². The monoisotopic (exact) mass is 298 g/mol. The van der Waals surface area contributed by atoms with Gasteiger partial charge in [-0.05, 0) is 28.8 Å². The van der Waals surface area contributed by atoms with Crippen LogP contribution in [0.4, 0.5) is 5.82 Å². The van der Waals surface area contributed by atoms with Gasteiger partial charge < -0.3 is 10.2 Å². The number of nitrogens with one attached hydrogen (secondary N) is 1. The molecule has 0 aliphatic carbocycles. The lowest BCUT2D eigenvalue weighted by molar-refractivity contribution is 0.376. The summed E-state index contributed by atoms with van der Waals surface area (Å²) in [5, 5.41) is 3.59. The highest BCUT2D eigenvalue weighted by atomic mass is 79.9. The molecular weight excluding hydrogens is 280 g/mol. The maximum Gasteiger partial charge on any atom is 0.146 e. The van der Waals surface area contributed by atoms with Gasteiger partial charge in [0.2, 0.25) is 0 Å². The normalized spacial score (nSPS) is 25.0. The van der Waals surface area contributed by atoms with Gasteiger partial charge in [0.25, 0.3) is 0 Å². The molecule has 17 heavy (non-hydrogen) atoms. The quantitative estimate of drug-likeness (QED) is 0.929. The smallest absolute Gasteiger partial charge is 0.146 e. The van der Waals surface area contributed by atoms with Crippen molar-refractivity contribution in [2.75, 3.05) is 18.0 Å². The van der Waals surface area contributed by atoms with E-state index in [1.807, 2.05) is 6.20 Å². The lowest BCUT2D eigenvalue weighted by Crippen LogP contribution is -2.56. The molecule has 1 aliphatic heterocycles. The van der Waals surface area contributed by atoms with E-state index in [2.05, 4.69) is 50.0 Å². The van der Waals surface area contributed by atoms with E-state index in [1.165, 1.54) is 0 Å². The van der Waals surface area contributed by atoms with Gasteiger partial charge in [0.05, 0.1) is 4.47 Å². The minimum absolute atomic E-state index is 0.518. The van der Waals surface area contributed by atoms with Crippen LogP contribution in [-0.4, -0.2) is 35.1 Å². The van der Waals surface area contributed by atoms with Crippen LogP contribution in [0.15, 0.2) is 17.0 Å². The second kappa shape index (κ2) is 5.78. The van der Waals surface area contributed by atoms with Gasteiger partial charge in [-0.15, -0.1) is 0 Å². The van der Waals surface area contributed by atoms with Crippen LogP contribution in [0.3, 0.4) is 0 Å². The van der Waals surface area contributed by atoms with Crippen molar-refractivity contribution in [1.82, 2.24) is 15.3 Å². The number of rotatable bonds is 3. The summed E-state index contributed by atoms with van der Waals surface area (Å²) in [4.78, 5) is 10.8. The molecule has 1 aromatic rings. The summed E-state index contributed by atoms with van der Waals surface area (Å²) in [6, 6.07) is 1.07. The molecule has 0 aromatic carbocycles. The zero-order chi connectivity index (χ0) is 12.3. The molecule has 0 spiro atoms. The number of hydrogen-bond acceptors (Lipinski definition) is 4. The van der Waals surface area contributed by atoms with Crippen molar-refractivity contribution in [3.8, 4) is 0 Å². The first-order chi connectivity index (χ1) is 8.26. The summed E-state index contributed by atoms with van der Waals surface area (Å²) >= 11 is 3.54. The number of nitrogens with zero attached hydrogens (tertiary/aromatic N) is 3. The predicted octanol–water partition coefficient (Wildman–Crippen LogP) is 2.21. The fourth-order valence-corrected chi connectivity index (χ4v) is 2.73. The summed E-state index contributed by atoms with van der Waals surface area (Å²) in [5.74, 6) is 1.02. The molecule has 1 saturated heterocycles. The van der Waals surface area contributed by atoms with Gasteiger partial charge in [-0.2, -0.15) is 0 Å². The van der Waals surface area contributed by atoms with Crippen LogP contribution in [0.1, 0.15) is 26.7 Å². The Balaban J connectivity index is 2.23. The highest BCUT2D eigenvalue weighted by Gasteiger charge is 2.27. The van der Waals surface area contributed by atoms with Crippen molar-refractivity contribution < 1.29 is 0 Å². The highest BCUT2D eigenvalue weighted by molar-refractivity contribution is 9.10. The second-order valence-electron chi connectivity index (χ2n) is 4.42. The Hall–Kier alpha value is -0.680.